The summed E-state index contributed by atoms with van der Waals surface area (Å²) in [5.41, 5.74) is 1.26. The Balaban J connectivity index is 2.12. The van der Waals surface area contributed by atoms with Crippen molar-refractivity contribution >= 4 is 0 Å². The average molecular weight is 334 g/mol. The highest BCUT2D eigenvalue weighted by Crippen LogP contribution is 2.33. The van der Waals surface area contributed by atoms with Gasteiger partial charge in [0.15, 0.2) is 0 Å². The Kier molecular flexibility index (Phi) is 4.13. The molecule has 0 aliphatic carbocycles. The molecule has 0 amide bonds. The molecule has 0 aliphatic heterocycles. The molecule has 3 rings (SSSR count). The quantitative estimate of drug-likeness (QED) is 0.612. The van der Waals surface area contributed by atoms with Crippen LogP contribution in [0.3, 0.4) is 0 Å². The molecule has 124 valence electrons. The van der Waals surface area contributed by atoms with Crippen molar-refractivity contribution in [1.82, 2.24) is 9.55 Å². The number of hydrogen-bond donors (Lipinski definition) is 0. The van der Waals surface area contributed by atoms with Crippen LogP contribution in [0, 0.1) is 12.7 Å². The third-order valence-corrected chi connectivity index (χ3v) is 3.84. The highest BCUT2D eigenvalue weighted by atomic mass is 19.4. The number of hydrogen-bond acceptors (Lipinski definition) is 1. The van der Waals surface area contributed by atoms with Crippen molar-refractivity contribution in [2.75, 3.05) is 0 Å². The monoisotopic (exact) mass is 334 g/mol. The zero-order valence-corrected chi connectivity index (χ0v) is 12.8. The first kappa shape index (κ1) is 16.2. The summed E-state index contributed by atoms with van der Waals surface area (Å²) in [7, 11) is 0. The van der Waals surface area contributed by atoms with E-state index in [4.69, 9.17) is 0 Å². The Bertz CT molecular complexity index is 848. The van der Waals surface area contributed by atoms with E-state index in [0.29, 0.717) is 5.56 Å². The molecule has 0 radical (unpaired) electrons. The normalized spacial score (nSPS) is 11.7. The van der Waals surface area contributed by atoms with E-state index in [2.05, 4.69) is 4.98 Å². The number of aromatic nitrogens is 2. The summed E-state index contributed by atoms with van der Waals surface area (Å²) in [5, 5.41) is 0. The molecule has 24 heavy (non-hydrogen) atoms. The van der Waals surface area contributed by atoms with Crippen LogP contribution in [0.1, 0.15) is 16.8 Å². The number of halogens is 4. The topological polar surface area (TPSA) is 17.8 Å². The van der Waals surface area contributed by atoms with Crippen LogP contribution in [0.15, 0.2) is 54.7 Å². The number of rotatable bonds is 3. The Morgan fingerprint density at radius 2 is 1.67 bits per heavy atom. The predicted octanol–water partition coefficient (Wildman–Crippen LogP) is 5.06. The predicted molar refractivity (Wildman–Crippen MR) is 82.9 cm³/mol. The van der Waals surface area contributed by atoms with E-state index < -0.39 is 17.7 Å². The van der Waals surface area contributed by atoms with Crippen LogP contribution in [-0.2, 0) is 12.7 Å². The van der Waals surface area contributed by atoms with Gasteiger partial charge in [0.2, 0.25) is 0 Å². The van der Waals surface area contributed by atoms with Crippen molar-refractivity contribution in [2.24, 2.45) is 0 Å². The number of imidazole rings is 1. The number of benzene rings is 2. The van der Waals surface area contributed by atoms with E-state index in [0.717, 1.165) is 21.9 Å². The van der Waals surface area contributed by atoms with Crippen LogP contribution in [-0.4, -0.2) is 9.55 Å². The van der Waals surface area contributed by atoms with E-state index >= 15 is 0 Å². The van der Waals surface area contributed by atoms with Crippen LogP contribution in [0.5, 0.6) is 0 Å². The number of nitrogens with zero attached hydrogens (tertiary/aromatic N) is 2. The van der Waals surface area contributed by atoms with Crippen LogP contribution in [0.25, 0.3) is 11.4 Å². The second kappa shape index (κ2) is 6.11. The smallest absolute Gasteiger partial charge is 0.316 e. The molecule has 1 aromatic heterocycles. The van der Waals surface area contributed by atoms with Crippen LogP contribution in [0.2, 0.25) is 0 Å². The highest BCUT2D eigenvalue weighted by molar-refractivity contribution is 5.56. The fourth-order valence-corrected chi connectivity index (χ4v) is 2.55. The molecule has 0 spiro atoms. The maximum Gasteiger partial charge on any atom is 0.433 e. The Morgan fingerprint density at radius 3 is 2.29 bits per heavy atom. The van der Waals surface area contributed by atoms with Gasteiger partial charge in [0.1, 0.15) is 17.3 Å². The molecule has 0 saturated heterocycles. The lowest BCUT2D eigenvalue weighted by molar-refractivity contribution is -0.143. The van der Waals surface area contributed by atoms with Crippen molar-refractivity contribution < 1.29 is 17.6 Å². The largest absolute Gasteiger partial charge is 0.433 e. The van der Waals surface area contributed by atoms with Gasteiger partial charge in [-0.1, -0.05) is 24.3 Å². The van der Waals surface area contributed by atoms with E-state index in [9.17, 15) is 17.6 Å². The molecule has 0 bridgehead atoms. The molecule has 0 saturated carbocycles. The molecule has 0 N–H and O–H groups in total. The van der Waals surface area contributed by atoms with Gasteiger partial charge in [0, 0.05) is 12.1 Å². The molecule has 0 atom stereocenters. The summed E-state index contributed by atoms with van der Waals surface area (Å²) >= 11 is 0. The molecule has 1 heterocycles. The first-order valence-corrected chi connectivity index (χ1v) is 7.29. The second-order valence-corrected chi connectivity index (χ2v) is 5.48. The minimum absolute atomic E-state index is 0.0359. The summed E-state index contributed by atoms with van der Waals surface area (Å²) in [6, 6.07) is 12.5. The molecule has 2 nitrogen and oxygen atoms in total. The van der Waals surface area contributed by atoms with Crippen molar-refractivity contribution in [3.63, 3.8) is 0 Å². The molecule has 0 aliphatic rings. The van der Waals surface area contributed by atoms with Crippen molar-refractivity contribution in [3.05, 3.63) is 77.4 Å². The SMILES string of the molecule is Cc1ccccc1Cn1c(C(F)(F)F)cnc1-c1ccc(F)cc1. The fourth-order valence-electron chi connectivity index (χ4n) is 2.55. The minimum Gasteiger partial charge on any atom is -0.316 e. The summed E-state index contributed by atoms with van der Waals surface area (Å²) in [4.78, 5) is 3.93. The summed E-state index contributed by atoms with van der Waals surface area (Å²) in [6.07, 6.45) is -3.70. The molecule has 3 aromatic rings. The van der Waals surface area contributed by atoms with Crippen molar-refractivity contribution in [1.29, 1.82) is 0 Å². The lowest BCUT2D eigenvalue weighted by atomic mass is 10.1. The Labute approximate surface area is 136 Å². The van der Waals surface area contributed by atoms with Gasteiger partial charge >= 0.3 is 6.18 Å². The Morgan fingerprint density at radius 1 is 1.00 bits per heavy atom. The van der Waals surface area contributed by atoms with Crippen molar-refractivity contribution in [2.45, 2.75) is 19.6 Å². The Hall–Kier alpha value is -2.63. The average Bonchev–Trinajstić information content (AvgIpc) is 2.94. The summed E-state index contributed by atoms with van der Waals surface area (Å²) in [5.74, 6) is -0.294. The maximum absolute atomic E-state index is 13.3. The van der Waals surface area contributed by atoms with E-state index in [1.54, 1.807) is 12.1 Å². The van der Waals surface area contributed by atoms with E-state index in [1.165, 1.54) is 24.3 Å². The first-order chi connectivity index (χ1) is 11.4. The standard InChI is InChI=1S/C18H14F4N2/c1-12-4-2-3-5-14(12)11-24-16(18(20,21)22)10-23-17(24)13-6-8-15(19)9-7-13/h2-10H,11H2,1H3. The number of aryl methyl sites for hydroxylation is 1. The van der Waals surface area contributed by atoms with E-state index in [1.807, 2.05) is 19.1 Å². The lowest BCUT2D eigenvalue weighted by Gasteiger charge is -2.15. The lowest BCUT2D eigenvalue weighted by Crippen LogP contribution is -2.15. The summed E-state index contributed by atoms with van der Waals surface area (Å²) in [6.45, 7) is 1.88. The summed E-state index contributed by atoms with van der Waals surface area (Å²) < 4.78 is 54.2. The molecule has 2 aromatic carbocycles. The molecular weight excluding hydrogens is 320 g/mol. The zero-order chi connectivity index (χ0) is 17.3. The van der Waals surface area contributed by atoms with Gasteiger partial charge < -0.3 is 4.57 Å². The zero-order valence-electron chi connectivity index (χ0n) is 12.8. The van der Waals surface area contributed by atoms with Gasteiger partial charge in [-0.15, -0.1) is 0 Å². The van der Waals surface area contributed by atoms with Gasteiger partial charge in [0.05, 0.1) is 6.20 Å². The molecule has 0 fully saturated rings. The van der Waals surface area contributed by atoms with Gasteiger partial charge in [-0.25, -0.2) is 9.37 Å². The van der Waals surface area contributed by atoms with Crippen LogP contribution in [0.4, 0.5) is 17.6 Å². The third-order valence-electron chi connectivity index (χ3n) is 3.84. The van der Waals surface area contributed by atoms with Gasteiger partial charge in [-0.3, -0.25) is 0 Å². The van der Waals surface area contributed by atoms with Gasteiger partial charge in [-0.05, 0) is 42.3 Å². The fraction of sp³-hybridized carbons (Fsp3) is 0.167. The van der Waals surface area contributed by atoms with Gasteiger partial charge in [0.25, 0.3) is 0 Å². The molecule has 0 unspecified atom stereocenters. The highest BCUT2D eigenvalue weighted by Gasteiger charge is 2.36. The van der Waals surface area contributed by atoms with Crippen LogP contribution < -0.4 is 0 Å². The van der Waals surface area contributed by atoms with Crippen LogP contribution >= 0.6 is 0 Å². The maximum atomic E-state index is 13.3. The second-order valence-electron chi connectivity index (χ2n) is 5.48. The molecule has 6 heteroatoms. The molecular formula is C18H14F4N2. The third kappa shape index (κ3) is 3.18. The first-order valence-electron chi connectivity index (χ1n) is 7.29. The van der Waals surface area contributed by atoms with Gasteiger partial charge in [-0.2, -0.15) is 13.2 Å². The minimum atomic E-state index is -4.52. The number of alkyl halides is 3. The van der Waals surface area contributed by atoms with E-state index in [-0.39, 0.29) is 12.4 Å². The van der Waals surface area contributed by atoms with Crippen molar-refractivity contribution in [3.8, 4) is 11.4 Å².